The van der Waals surface area contributed by atoms with E-state index in [2.05, 4.69) is 4.98 Å². The van der Waals surface area contributed by atoms with Crippen molar-refractivity contribution < 1.29 is 10.0 Å². The van der Waals surface area contributed by atoms with Gasteiger partial charge in [-0.2, -0.15) is 0 Å². The molecule has 0 saturated carbocycles. The molecule has 0 bridgehead atoms. The third-order valence-corrected chi connectivity index (χ3v) is 1.81. The summed E-state index contributed by atoms with van der Waals surface area (Å²) >= 11 is 0. The number of nitro groups is 1. The molecular weight excluding hydrogens is 186 g/mol. The first-order valence-electron chi connectivity index (χ1n) is 4.00. The molecule has 0 spiro atoms. The molecule has 0 unspecified atom stereocenters. The van der Waals surface area contributed by atoms with E-state index in [1.54, 1.807) is 20.0 Å². The quantitative estimate of drug-likeness (QED) is 0.572. The molecule has 14 heavy (non-hydrogen) atoms. The van der Waals surface area contributed by atoms with Crippen molar-refractivity contribution >= 4 is 11.9 Å². The van der Waals surface area contributed by atoms with Crippen LogP contribution in [0, 0.1) is 10.1 Å². The van der Waals surface area contributed by atoms with Crippen molar-refractivity contribution in [1.29, 1.82) is 0 Å². The molecule has 6 heteroatoms. The van der Waals surface area contributed by atoms with Crippen molar-refractivity contribution in [3.8, 4) is 0 Å². The van der Waals surface area contributed by atoms with E-state index in [-0.39, 0.29) is 12.4 Å². The number of imidazole rings is 1. The van der Waals surface area contributed by atoms with Gasteiger partial charge in [-0.3, -0.25) is 0 Å². The number of rotatable bonds is 3. The Balaban J connectivity index is 3.07. The van der Waals surface area contributed by atoms with Gasteiger partial charge in [0.1, 0.15) is 6.20 Å². The smallest absolute Gasteiger partial charge is 0.342 e. The highest BCUT2D eigenvalue weighted by Gasteiger charge is 2.14. The molecule has 0 radical (unpaired) electrons. The van der Waals surface area contributed by atoms with Crippen LogP contribution in [0.4, 0.5) is 5.82 Å². The third kappa shape index (κ3) is 1.97. The van der Waals surface area contributed by atoms with Gasteiger partial charge in [0, 0.05) is 6.08 Å². The van der Waals surface area contributed by atoms with Crippen LogP contribution in [0.15, 0.2) is 11.8 Å². The lowest BCUT2D eigenvalue weighted by atomic mass is 10.3. The van der Waals surface area contributed by atoms with Gasteiger partial charge >= 0.3 is 5.82 Å². The lowest BCUT2D eigenvalue weighted by molar-refractivity contribution is -0.391. The number of aliphatic hydroxyl groups excluding tert-OH is 1. The van der Waals surface area contributed by atoms with Crippen LogP contribution in [0.1, 0.15) is 12.7 Å². The van der Waals surface area contributed by atoms with Crippen LogP contribution in [-0.2, 0) is 7.05 Å². The molecule has 0 amide bonds. The van der Waals surface area contributed by atoms with E-state index in [4.69, 9.17) is 5.11 Å². The molecule has 1 rings (SSSR count). The minimum Gasteiger partial charge on any atom is -0.392 e. The minimum atomic E-state index is -0.501. The van der Waals surface area contributed by atoms with Gasteiger partial charge in [-0.15, -0.1) is 0 Å². The summed E-state index contributed by atoms with van der Waals surface area (Å²) in [6.07, 6.45) is 2.80. The summed E-state index contributed by atoms with van der Waals surface area (Å²) in [5.41, 5.74) is 0.702. The summed E-state index contributed by atoms with van der Waals surface area (Å²) < 4.78 is 1.36. The Labute approximate surface area is 80.7 Å². The van der Waals surface area contributed by atoms with Crippen molar-refractivity contribution in [2.24, 2.45) is 7.05 Å². The average molecular weight is 197 g/mol. The number of hydrogen-bond donors (Lipinski definition) is 1. The Kier molecular flexibility index (Phi) is 2.98. The molecule has 0 aliphatic carbocycles. The zero-order chi connectivity index (χ0) is 10.7. The van der Waals surface area contributed by atoms with Gasteiger partial charge < -0.3 is 15.2 Å². The van der Waals surface area contributed by atoms with E-state index in [0.29, 0.717) is 11.4 Å². The molecule has 0 aromatic carbocycles. The minimum absolute atomic E-state index is 0.0676. The predicted molar refractivity (Wildman–Crippen MR) is 50.6 cm³/mol. The maximum atomic E-state index is 10.5. The molecule has 0 atom stereocenters. The molecular formula is C8H11N3O3. The van der Waals surface area contributed by atoms with Crippen LogP contribution in [0.5, 0.6) is 0 Å². The van der Waals surface area contributed by atoms with Crippen LogP contribution in [0.3, 0.4) is 0 Å². The van der Waals surface area contributed by atoms with Gasteiger partial charge in [0.25, 0.3) is 0 Å². The van der Waals surface area contributed by atoms with Crippen molar-refractivity contribution in [2.75, 3.05) is 6.61 Å². The highest BCUT2D eigenvalue weighted by Crippen LogP contribution is 2.13. The third-order valence-electron chi connectivity index (χ3n) is 1.81. The highest BCUT2D eigenvalue weighted by atomic mass is 16.6. The van der Waals surface area contributed by atoms with E-state index in [0.717, 1.165) is 0 Å². The van der Waals surface area contributed by atoms with Crippen LogP contribution in [0.25, 0.3) is 6.08 Å². The summed E-state index contributed by atoms with van der Waals surface area (Å²) in [6.45, 7) is 1.64. The zero-order valence-electron chi connectivity index (χ0n) is 7.97. The number of nitrogens with zero attached hydrogens (tertiary/aromatic N) is 3. The van der Waals surface area contributed by atoms with Crippen molar-refractivity contribution in [3.05, 3.63) is 27.7 Å². The van der Waals surface area contributed by atoms with Crippen molar-refractivity contribution in [2.45, 2.75) is 6.92 Å². The maximum absolute atomic E-state index is 10.5. The Morgan fingerprint density at radius 2 is 2.50 bits per heavy atom. The van der Waals surface area contributed by atoms with Crippen molar-refractivity contribution in [3.63, 3.8) is 0 Å². The zero-order valence-corrected chi connectivity index (χ0v) is 7.97. The second-order valence-electron chi connectivity index (χ2n) is 2.94. The SMILES string of the molecule is C/C(=C\c1ncc([N+](=O)[O-])n1C)CO. The van der Waals surface area contributed by atoms with Gasteiger partial charge in [0.15, 0.2) is 0 Å². The second kappa shape index (κ2) is 4.01. The Hall–Kier alpha value is -1.69. The van der Waals surface area contributed by atoms with Crippen LogP contribution in [-0.4, -0.2) is 26.2 Å². The Morgan fingerprint density at radius 3 is 2.93 bits per heavy atom. The number of aromatic nitrogens is 2. The largest absolute Gasteiger partial charge is 0.392 e. The molecule has 0 fully saturated rings. The van der Waals surface area contributed by atoms with Crippen LogP contribution in [0.2, 0.25) is 0 Å². The molecule has 1 aromatic rings. The molecule has 6 nitrogen and oxygen atoms in total. The molecule has 0 aliphatic heterocycles. The fraction of sp³-hybridized carbons (Fsp3) is 0.375. The average Bonchev–Trinajstić information content (AvgIpc) is 2.48. The monoisotopic (exact) mass is 197 g/mol. The first-order valence-corrected chi connectivity index (χ1v) is 4.00. The van der Waals surface area contributed by atoms with Gasteiger partial charge in [0.05, 0.1) is 13.7 Å². The lowest BCUT2D eigenvalue weighted by Gasteiger charge is -1.95. The molecule has 76 valence electrons. The Morgan fingerprint density at radius 1 is 1.86 bits per heavy atom. The summed E-state index contributed by atoms with van der Waals surface area (Å²) in [5.74, 6) is 0.394. The topological polar surface area (TPSA) is 81.2 Å². The summed E-state index contributed by atoms with van der Waals surface area (Å²) in [7, 11) is 1.56. The molecule has 1 N–H and O–H groups in total. The summed E-state index contributed by atoms with van der Waals surface area (Å²) in [5, 5.41) is 19.2. The Bertz CT molecular complexity index is 381. The van der Waals surface area contributed by atoms with E-state index in [9.17, 15) is 10.1 Å². The highest BCUT2D eigenvalue weighted by molar-refractivity contribution is 5.47. The predicted octanol–water partition coefficient (Wildman–Crippen LogP) is 0.724. The van der Waals surface area contributed by atoms with Gasteiger partial charge in [0.2, 0.25) is 5.82 Å². The van der Waals surface area contributed by atoms with Gasteiger partial charge in [-0.05, 0) is 17.4 Å². The number of aliphatic hydroxyl groups is 1. The van der Waals surface area contributed by atoms with E-state index < -0.39 is 4.92 Å². The molecule has 1 aromatic heterocycles. The summed E-state index contributed by atoms with van der Waals surface area (Å²) in [6, 6.07) is 0. The second-order valence-corrected chi connectivity index (χ2v) is 2.94. The fourth-order valence-electron chi connectivity index (χ4n) is 0.984. The molecule has 1 heterocycles. The van der Waals surface area contributed by atoms with Crippen LogP contribution >= 0.6 is 0 Å². The molecule has 0 aliphatic rings. The number of hydrogen-bond acceptors (Lipinski definition) is 4. The summed E-state index contributed by atoms with van der Waals surface area (Å²) in [4.78, 5) is 13.8. The van der Waals surface area contributed by atoms with Crippen molar-refractivity contribution in [1.82, 2.24) is 9.55 Å². The van der Waals surface area contributed by atoms with Crippen LogP contribution < -0.4 is 0 Å². The first-order chi connectivity index (χ1) is 6.56. The van der Waals surface area contributed by atoms with E-state index in [1.165, 1.54) is 10.8 Å². The molecule has 0 saturated heterocycles. The first kappa shape index (κ1) is 10.4. The standard InChI is InChI=1S/C8H11N3O3/c1-6(5-12)3-7-9-4-8(10(7)2)11(13)14/h3-4,12H,5H2,1-2H3/b6-3+. The lowest BCUT2D eigenvalue weighted by Crippen LogP contribution is -1.99. The van der Waals surface area contributed by atoms with E-state index >= 15 is 0 Å². The van der Waals surface area contributed by atoms with Gasteiger partial charge in [-0.1, -0.05) is 0 Å². The van der Waals surface area contributed by atoms with Gasteiger partial charge in [-0.25, -0.2) is 9.55 Å². The van der Waals surface area contributed by atoms with E-state index in [1.807, 2.05) is 0 Å². The maximum Gasteiger partial charge on any atom is 0.342 e. The fourth-order valence-corrected chi connectivity index (χ4v) is 0.984. The normalized spacial score (nSPS) is 11.8.